The van der Waals surface area contributed by atoms with E-state index in [1.807, 2.05) is 0 Å². The van der Waals surface area contributed by atoms with Gasteiger partial charge >= 0.3 is 6.18 Å². The normalized spacial score (nSPS) is 14.8. The maximum atomic E-state index is 13.5. The average molecular weight is 502 g/mol. The van der Waals surface area contributed by atoms with Gasteiger partial charge in [-0.1, -0.05) is 35.9 Å². The molecule has 0 aliphatic carbocycles. The van der Waals surface area contributed by atoms with Crippen molar-refractivity contribution in [2.75, 3.05) is 18.6 Å². The summed E-state index contributed by atoms with van der Waals surface area (Å²) in [5.74, 6) is -0.800. The molecule has 0 saturated carbocycles. The molecule has 5 nitrogen and oxygen atoms in total. The molecule has 4 rings (SSSR count). The summed E-state index contributed by atoms with van der Waals surface area (Å²) in [6.45, 7) is 2.13. The molecular formula is C26H19ClF3NO4. The third-order valence-corrected chi connectivity index (χ3v) is 5.64. The van der Waals surface area contributed by atoms with Crippen LogP contribution in [0.5, 0.6) is 11.5 Å². The zero-order valence-corrected chi connectivity index (χ0v) is 19.4. The van der Waals surface area contributed by atoms with Crippen molar-refractivity contribution in [2.24, 2.45) is 0 Å². The van der Waals surface area contributed by atoms with Crippen LogP contribution in [0.2, 0.25) is 5.02 Å². The molecule has 35 heavy (non-hydrogen) atoms. The summed E-state index contributed by atoms with van der Waals surface area (Å²) in [6, 6.07) is 13.7. The van der Waals surface area contributed by atoms with Crippen molar-refractivity contribution in [1.29, 1.82) is 0 Å². The second-order valence-corrected chi connectivity index (χ2v) is 7.97. The first-order valence-corrected chi connectivity index (χ1v) is 10.9. The van der Waals surface area contributed by atoms with E-state index in [0.29, 0.717) is 29.2 Å². The molecule has 180 valence electrons. The van der Waals surface area contributed by atoms with Crippen molar-refractivity contribution in [3.05, 3.63) is 87.9 Å². The fraction of sp³-hybridized carbons (Fsp3) is 0.154. The van der Waals surface area contributed by atoms with Crippen LogP contribution in [-0.2, 0) is 11.0 Å². The molecule has 0 N–H and O–H groups in total. The van der Waals surface area contributed by atoms with E-state index in [4.69, 9.17) is 21.1 Å². The molecule has 0 unspecified atom stereocenters. The number of nitrogens with zero attached hydrogens (tertiary/aromatic N) is 1. The first kappa shape index (κ1) is 24.3. The van der Waals surface area contributed by atoms with Gasteiger partial charge in [0.25, 0.3) is 11.8 Å². The van der Waals surface area contributed by atoms with E-state index in [9.17, 15) is 22.8 Å². The standard InChI is InChI=1S/C26H19ClF3NO4/c1-3-35-22-13-15(12-21(27)23(22)34-2)11-20-18-9-4-5-10-19(18)24(32)31(25(20)33)17-8-6-7-16(14-17)26(28,29)30/h4-14H,3H2,1-2H3. The number of hydrogen-bond acceptors (Lipinski definition) is 4. The van der Waals surface area contributed by atoms with Crippen LogP contribution in [0.4, 0.5) is 18.9 Å². The predicted octanol–water partition coefficient (Wildman–Crippen LogP) is 6.49. The first-order valence-electron chi connectivity index (χ1n) is 10.5. The molecule has 0 atom stereocenters. The Hall–Kier alpha value is -3.78. The summed E-state index contributed by atoms with van der Waals surface area (Å²) in [6.07, 6.45) is -3.12. The van der Waals surface area contributed by atoms with Gasteiger partial charge in [-0.25, -0.2) is 4.90 Å². The number of carbonyl (C=O) groups is 2. The summed E-state index contributed by atoms with van der Waals surface area (Å²) in [7, 11) is 1.45. The van der Waals surface area contributed by atoms with Gasteiger partial charge in [0, 0.05) is 11.1 Å². The quantitative estimate of drug-likeness (QED) is 0.296. The van der Waals surface area contributed by atoms with Gasteiger partial charge in [-0.2, -0.15) is 13.2 Å². The Morgan fingerprint density at radius 3 is 2.34 bits per heavy atom. The number of fused-ring (bicyclic) bond motifs is 1. The Bertz CT molecular complexity index is 1350. The zero-order valence-electron chi connectivity index (χ0n) is 18.7. The zero-order chi connectivity index (χ0) is 25.3. The number of hydrogen-bond donors (Lipinski definition) is 0. The third kappa shape index (κ3) is 4.61. The van der Waals surface area contributed by atoms with Gasteiger partial charge in [0.2, 0.25) is 0 Å². The van der Waals surface area contributed by atoms with Crippen LogP contribution in [-0.4, -0.2) is 25.5 Å². The van der Waals surface area contributed by atoms with E-state index in [-0.39, 0.29) is 21.8 Å². The first-order chi connectivity index (χ1) is 16.7. The highest BCUT2D eigenvalue weighted by Gasteiger charge is 2.37. The van der Waals surface area contributed by atoms with Crippen molar-refractivity contribution in [2.45, 2.75) is 13.1 Å². The monoisotopic (exact) mass is 501 g/mol. The number of rotatable bonds is 5. The van der Waals surface area contributed by atoms with Crippen molar-refractivity contribution in [3.63, 3.8) is 0 Å². The number of halogens is 4. The van der Waals surface area contributed by atoms with E-state index >= 15 is 0 Å². The van der Waals surface area contributed by atoms with Gasteiger partial charge in [0.05, 0.1) is 30.0 Å². The van der Waals surface area contributed by atoms with E-state index in [1.54, 1.807) is 37.3 Å². The van der Waals surface area contributed by atoms with Gasteiger partial charge < -0.3 is 9.47 Å². The fourth-order valence-corrected chi connectivity index (χ4v) is 4.14. The third-order valence-electron chi connectivity index (χ3n) is 5.36. The molecule has 0 bridgehead atoms. The lowest BCUT2D eigenvalue weighted by molar-refractivity contribution is -0.137. The Kier molecular flexibility index (Phi) is 6.58. The molecule has 0 spiro atoms. The molecule has 1 heterocycles. The van der Waals surface area contributed by atoms with Crippen molar-refractivity contribution >= 4 is 40.8 Å². The van der Waals surface area contributed by atoms with Crippen LogP contribution in [0.15, 0.2) is 60.7 Å². The predicted molar refractivity (Wildman–Crippen MR) is 127 cm³/mol. The second-order valence-electron chi connectivity index (χ2n) is 7.56. The fourth-order valence-electron chi connectivity index (χ4n) is 3.85. The van der Waals surface area contributed by atoms with Crippen LogP contribution in [0.3, 0.4) is 0 Å². The minimum Gasteiger partial charge on any atom is -0.491 e. The summed E-state index contributed by atoms with van der Waals surface area (Å²) >= 11 is 6.34. The van der Waals surface area contributed by atoms with Crippen LogP contribution in [0, 0.1) is 0 Å². The van der Waals surface area contributed by atoms with Crippen molar-refractivity contribution in [3.8, 4) is 11.5 Å². The molecule has 3 aromatic rings. The van der Waals surface area contributed by atoms with E-state index in [2.05, 4.69) is 0 Å². The highest BCUT2D eigenvalue weighted by Crippen LogP contribution is 2.39. The molecule has 0 radical (unpaired) electrons. The lowest BCUT2D eigenvalue weighted by atomic mass is 9.91. The number of anilines is 1. The van der Waals surface area contributed by atoms with Gasteiger partial charge in [0.1, 0.15) is 0 Å². The number of alkyl halides is 3. The Morgan fingerprint density at radius 1 is 0.971 bits per heavy atom. The highest BCUT2D eigenvalue weighted by molar-refractivity contribution is 6.43. The maximum Gasteiger partial charge on any atom is 0.416 e. The number of carbonyl (C=O) groups excluding carboxylic acids is 2. The summed E-state index contributed by atoms with van der Waals surface area (Å²) in [4.78, 5) is 27.5. The Balaban J connectivity index is 1.89. The average Bonchev–Trinajstić information content (AvgIpc) is 2.82. The second kappa shape index (κ2) is 9.46. The van der Waals surface area contributed by atoms with Crippen molar-refractivity contribution < 1.29 is 32.2 Å². The van der Waals surface area contributed by atoms with Crippen LogP contribution >= 0.6 is 11.6 Å². The Morgan fingerprint density at radius 2 is 1.69 bits per heavy atom. The van der Waals surface area contributed by atoms with Gasteiger partial charge in [-0.05, 0) is 60.5 Å². The minimum absolute atomic E-state index is 0.112. The lowest BCUT2D eigenvalue weighted by Crippen LogP contribution is -2.41. The largest absolute Gasteiger partial charge is 0.491 e. The topological polar surface area (TPSA) is 55.8 Å². The van der Waals surface area contributed by atoms with E-state index in [1.165, 1.54) is 25.3 Å². The number of benzene rings is 3. The molecule has 1 aliphatic rings. The smallest absolute Gasteiger partial charge is 0.416 e. The number of methoxy groups -OCH3 is 1. The van der Waals surface area contributed by atoms with E-state index < -0.39 is 23.6 Å². The van der Waals surface area contributed by atoms with Crippen LogP contribution in [0.25, 0.3) is 11.6 Å². The number of ether oxygens (including phenoxy) is 2. The molecular weight excluding hydrogens is 483 g/mol. The molecule has 1 aliphatic heterocycles. The minimum atomic E-state index is -4.63. The molecule has 0 aromatic heterocycles. The summed E-state index contributed by atoms with van der Waals surface area (Å²) in [5, 5.41) is 0.243. The molecule has 9 heteroatoms. The van der Waals surface area contributed by atoms with Gasteiger partial charge in [0.15, 0.2) is 11.5 Å². The van der Waals surface area contributed by atoms with Crippen LogP contribution in [0.1, 0.15) is 34.0 Å². The molecule has 3 aromatic carbocycles. The highest BCUT2D eigenvalue weighted by atomic mass is 35.5. The maximum absolute atomic E-state index is 13.5. The molecule has 2 amide bonds. The number of amides is 2. The summed E-state index contributed by atoms with van der Waals surface area (Å²) < 4.78 is 50.8. The SMILES string of the molecule is CCOc1cc(C=C2C(=O)N(c3cccc(C(F)(F)F)c3)C(=O)c3ccccc32)cc(Cl)c1OC. The van der Waals surface area contributed by atoms with E-state index in [0.717, 1.165) is 23.1 Å². The number of imide groups is 1. The lowest BCUT2D eigenvalue weighted by Gasteiger charge is -2.29. The molecule has 0 saturated heterocycles. The Labute approximate surface area is 204 Å². The molecule has 0 fully saturated rings. The van der Waals surface area contributed by atoms with Crippen molar-refractivity contribution in [1.82, 2.24) is 0 Å². The summed E-state index contributed by atoms with van der Waals surface area (Å²) in [5.41, 5.74) is -0.0191. The van der Waals surface area contributed by atoms with Gasteiger partial charge in [-0.3, -0.25) is 9.59 Å². The van der Waals surface area contributed by atoms with Crippen LogP contribution < -0.4 is 14.4 Å². The van der Waals surface area contributed by atoms with Gasteiger partial charge in [-0.15, -0.1) is 0 Å².